The van der Waals surface area contributed by atoms with Crippen LogP contribution in [-0.2, 0) is 4.79 Å². The van der Waals surface area contributed by atoms with Crippen molar-refractivity contribution in [2.75, 3.05) is 0 Å². The Morgan fingerprint density at radius 1 is 1.11 bits per heavy atom. The molecule has 27 heavy (non-hydrogen) atoms. The molecule has 1 N–H and O–H groups in total. The maximum absolute atomic E-state index is 14.0. The van der Waals surface area contributed by atoms with Crippen molar-refractivity contribution in [2.45, 2.75) is 30.3 Å². The highest BCUT2D eigenvalue weighted by Gasteiger charge is 2.21. The summed E-state index contributed by atoms with van der Waals surface area (Å²) in [6, 6.07) is 12.0. The fourth-order valence-corrected chi connectivity index (χ4v) is 3.34. The van der Waals surface area contributed by atoms with E-state index in [0.29, 0.717) is 10.8 Å². The quantitative estimate of drug-likeness (QED) is 0.651. The molecule has 3 aromatic rings. The molecule has 0 aliphatic carbocycles. The first-order chi connectivity index (χ1) is 13.0. The minimum absolute atomic E-state index is 0.208. The number of carbonyl (C=O) groups excluding carboxylic acids is 1. The summed E-state index contributed by atoms with van der Waals surface area (Å²) in [7, 11) is 0. The van der Waals surface area contributed by atoms with Gasteiger partial charge >= 0.3 is 0 Å². The third-order valence-electron chi connectivity index (χ3n) is 4.01. The Labute approximate surface area is 159 Å². The summed E-state index contributed by atoms with van der Waals surface area (Å²) in [5, 5.41) is 10.6. The summed E-state index contributed by atoms with van der Waals surface area (Å²) in [5.74, 6) is -0.935. The number of rotatable bonds is 6. The lowest BCUT2D eigenvalue weighted by Crippen LogP contribution is -2.33. The van der Waals surface area contributed by atoms with E-state index in [-0.39, 0.29) is 17.8 Å². The van der Waals surface area contributed by atoms with Gasteiger partial charge in [0.2, 0.25) is 5.91 Å². The molecule has 2 unspecified atom stereocenters. The van der Waals surface area contributed by atoms with Crippen molar-refractivity contribution in [1.82, 2.24) is 20.1 Å². The number of halogens is 2. The molecule has 0 aliphatic rings. The molecule has 0 saturated heterocycles. The maximum atomic E-state index is 14.0. The molecule has 140 valence electrons. The number of aromatic nitrogens is 3. The van der Waals surface area contributed by atoms with Crippen LogP contribution in [-0.4, -0.2) is 25.9 Å². The number of thioether (sulfide) groups is 1. The van der Waals surface area contributed by atoms with Crippen LogP contribution in [0.15, 0.2) is 60.0 Å². The van der Waals surface area contributed by atoms with Gasteiger partial charge in [0.05, 0.1) is 17.0 Å². The van der Waals surface area contributed by atoms with Crippen LogP contribution < -0.4 is 5.32 Å². The average Bonchev–Trinajstić information content (AvgIpc) is 3.10. The summed E-state index contributed by atoms with van der Waals surface area (Å²) in [6.45, 7) is 3.56. The number of amides is 1. The van der Waals surface area contributed by atoms with Gasteiger partial charge < -0.3 is 5.32 Å². The van der Waals surface area contributed by atoms with Crippen molar-refractivity contribution in [3.8, 4) is 5.69 Å². The second kappa shape index (κ2) is 8.30. The molecule has 8 heteroatoms. The number of benzene rings is 2. The predicted octanol–water partition coefficient (Wildman–Crippen LogP) is 3.90. The zero-order valence-corrected chi connectivity index (χ0v) is 15.6. The molecule has 1 aromatic heterocycles. The van der Waals surface area contributed by atoms with E-state index in [1.54, 1.807) is 37.3 Å². The van der Waals surface area contributed by atoms with Gasteiger partial charge in [0.25, 0.3) is 0 Å². The van der Waals surface area contributed by atoms with Crippen LogP contribution in [0, 0.1) is 11.6 Å². The van der Waals surface area contributed by atoms with E-state index < -0.39 is 11.1 Å². The molecule has 0 bridgehead atoms. The largest absolute Gasteiger partial charge is 0.349 e. The first-order valence-electron chi connectivity index (χ1n) is 8.33. The van der Waals surface area contributed by atoms with Crippen molar-refractivity contribution in [3.63, 3.8) is 0 Å². The van der Waals surface area contributed by atoms with Crippen molar-refractivity contribution < 1.29 is 13.6 Å². The summed E-state index contributed by atoms with van der Waals surface area (Å²) in [6.07, 6.45) is 1.41. The average molecular weight is 388 g/mol. The van der Waals surface area contributed by atoms with Crippen LogP contribution in [0.25, 0.3) is 5.69 Å². The zero-order valence-electron chi connectivity index (χ0n) is 14.8. The van der Waals surface area contributed by atoms with Gasteiger partial charge in [-0.05, 0) is 43.7 Å². The smallest absolute Gasteiger partial charge is 0.233 e. The van der Waals surface area contributed by atoms with E-state index in [9.17, 15) is 13.6 Å². The fraction of sp³-hybridized carbons (Fsp3) is 0.211. The number of hydrogen-bond donors (Lipinski definition) is 1. The van der Waals surface area contributed by atoms with E-state index in [0.717, 1.165) is 5.56 Å². The van der Waals surface area contributed by atoms with E-state index >= 15 is 0 Å². The van der Waals surface area contributed by atoms with Crippen molar-refractivity contribution >= 4 is 17.7 Å². The third-order valence-corrected chi connectivity index (χ3v) is 5.07. The predicted molar refractivity (Wildman–Crippen MR) is 99.6 cm³/mol. The lowest BCUT2D eigenvalue weighted by Gasteiger charge is -2.17. The first kappa shape index (κ1) is 19.0. The molecule has 2 aromatic carbocycles. The molecule has 2 atom stereocenters. The van der Waals surface area contributed by atoms with E-state index in [2.05, 4.69) is 15.5 Å². The maximum Gasteiger partial charge on any atom is 0.233 e. The molecular formula is C19H18F2N4OS. The standard InChI is InChI=1S/C19H18F2N4OS/c1-12(14-7-9-15(20)10-8-14)23-18(26)13(2)27-19-24-22-11-25(19)17-6-4-3-5-16(17)21/h3-13H,1-2H3,(H,23,26). The molecule has 1 amide bonds. The van der Waals surface area contributed by atoms with Gasteiger partial charge in [0.15, 0.2) is 5.16 Å². The van der Waals surface area contributed by atoms with E-state index in [1.807, 2.05) is 6.92 Å². The molecule has 0 saturated carbocycles. The number of nitrogens with one attached hydrogen (secondary N) is 1. The van der Waals surface area contributed by atoms with Gasteiger partial charge in [-0.1, -0.05) is 36.0 Å². The Bertz CT molecular complexity index is 929. The van der Waals surface area contributed by atoms with Gasteiger partial charge in [0, 0.05) is 0 Å². The van der Waals surface area contributed by atoms with Gasteiger partial charge in [0.1, 0.15) is 18.0 Å². The van der Waals surface area contributed by atoms with Crippen LogP contribution in [0.2, 0.25) is 0 Å². The summed E-state index contributed by atoms with van der Waals surface area (Å²) >= 11 is 1.18. The van der Waals surface area contributed by atoms with Crippen LogP contribution >= 0.6 is 11.8 Å². The molecule has 3 rings (SSSR count). The minimum atomic E-state index is -0.484. The highest BCUT2D eigenvalue weighted by molar-refractivity contribution is 8.00. The second-order valence-electron chi connectivity index (χ2n) is 5.98. The van der Waals surface area contributed by atoms with Crippen LogP contribution in [0.1, 0.15) is 25.5 Å². The molecule has 0 radical (unpaired) electrons. The van der Waals surface area contributed by atoms with Crippen molar-refractivity contribution in [2.24, 2.45) is 0 Å². The molecule has 5 nitrogen and oxygen atoms in total. The monoisotopic (exact) mass is 388 g/mol. The van der Waals surface area contributed by atoms with E-state index in [4.69, 9.17) is 0 Å². The lowest BCUT2D eigenvalue weighted by atomic mass is 10.1. The Morgan fingerprint density at radius 3 is 2.52 bits per heavy atom. The van der Waals surface area contributed by atoms with Gasteiger partial charge in [-0.15, -0.1) is 10.2 Å². The van der Waals surface area contributed by atoms with Gasteiger partial charge in [-0.2, -0.15) is 0 Å². The number of hydrogen-bond acceptors (Lipinski definition) is 4. The summed E-state index contributed by atoms with van der Waals surface area (Å²) < 4.78 is 28.6. The molecule has 0 aliphatic heterocycles. The Morgan fingerprint density at radius 2 is 1.81 bits per heavy atom. The highest BCUT2D eigenvalue weighted by Crippen LogP contribution is 2.25. The van der Waals surface area contributed by atoms with Gasteiger partial charge in [-0.3, -0.25) is 9.36 Å². The molecule has 1 heterocycles. The van der Waals surface area contributed by atoms with Crippen LogP contribution in [0.3, 0.4) is 0 Å². The van der Waals surface area contributed by atoms with Gasteiger partial charge in [-0.25, -0.2) is 8.78 Å². The Balaban J connectivity index is 1.68. The topological polar surface area (TPSA) is 59.8 Å². The number of para-hydroxylation sites is 1. The van der Waals surface area contributed by atoms with Crippen LogP contribution in [0.4, 0.5) is 8.78 Å². The van der Waals surface area contributed by atoms with E-state index in [1.165, 1.54) is 40.9 Å². The fourth-order valence-electron chi connectivity index (χ4n) is 2.49. The van der Waals surface area contributed by atoms with Crippen LogP contribution in [0.5, 0.6) is 0 Å². The molecule has 0 spiro atoms. The number of nitrogens with zero attached hydrogens (tertiary/aromatic N) is 3. The third kappa shape index (κ3) is 4.51. The SMILES string of the molecule is CC(Sc1nncn1-c1ccccc1F)C(=O)NC(C)c1ccc(F)cc1. The Kier molecular flexibility index (Phi) is 5.85. The number of carbonyl (C=O) groups is 1. The first-order valence-corrected chi connectivity index (χ1v) is 9.21. The minimum Gasteiger partial charge on any atom is -0.349 e. The summed E-state index contributed by atoms with van der Waals surface area (Å²) in [5.41, 5.74) is 1.12. The molecular weight excluding hydrogens is 370 g/mol. The summed E-state index contributed by atoms with van der Waals surface area (Å²) in [4.78, 5) is 12.5. The normalized spacial score (nSPS) is 13.2. The lowest BCUT2D eigenvalue weighted by molar-refractivity contribution is -0.120. The van der Waals surface area contributed by atoms with Crippen molar-refractivity contribution in [3.05, 3.63) is 72.1 Å². The van der Waals surface area contributed by atoms with Crippen molar-refractivity contribution in [1.29, 1.82) is 0 Å². The zero-order chi connectivity index (χ0) is 19.4. The second-order valence-corrected chi connectivity index (χ2v) is 7.28. The molecule has 0 fully saturated rings. The highest BCUT2D eigenvalue weighted by atomic mass is 32.2. The Hall–Kier alpha value is -2.74.